The highest BCUT2D eigenvalue weighted by atomic mass is 32.2. The number of benzene rings is 1. The molecule has 98 valence electrons. The molecule has 1 aromatic carbocycles. The number of hydrogen-bond acceptors (Lipinski definition) is 4. The van der Waals surface area contributed by atoms with Gasteiger partial charge in [0.05, 0.1) is 6.54 Å². The normalized spacial score (nSPS) is 17.5. The van der Waals surface area contributed by atoms with Gasteiger partial charge in [-0.05, 0) is 18.2 Å². The zero-order valence-corrected chi connectivity index (χ0v) is 10.2. The zero-order valence-electron chi connectivity index (χ0n) is 9.39. The van der Waals surface area contributed by atoms with E-state index in [0.29, 0.717) is 0 Å². The van der Waals surface area contributed by atoms with Gasteiger partial charge >= 0.3 is 0 Å². The highest BCUT2D eigenvalue weighted by molar-refractivity contribution is 7.89. The van der Waals surface area contributed by atoms with E-state index in [1.54, 1.807) is 0 Å². The van der Waals surface area contributed by atoms with Gasteiger partial charge in [-0.1, -0.05) is 0 Å². The van der Waals surface area contributed by atoms with Crippen molar-refractivity contribution in [2.75, 3.05) is 25.4 Å². The fraction of sp³-hybridized carbons (Fsp3) is 0.300. The number of nitrogens with zero attached hydrogens (tertiary/aromatic N) is 1. The second kappa shape index (κ2) is 4.54. The Morgan fingerprint density at radius 1 is 1.39 bits per heavy atom. The third-order valence-corrected chi connectivity index (χ3v) is 4.46. The van der Waals surface area contributed by atoms with E-state index in [-0.39, 0.29) is 25.3 Å². The number of carbonyl (C=O) groups is 1. The lowest BCUT2D eigenvalue weighted by molar-refractivity contribution is -0.122. The van der Waals surface area contributed by atoms with Crippen LogP contribution in [0.15, 0.2) is 23.1 Å². The number of nitrogens with two attached hydrogens (primary N) is 1. The van der Waals surface area contributed by atoms with E-state index in [9.17, 15) is 17.6 Å². The summed E-state index contributed by atoms with van der Waals surface area (Å²) in [6.07, 6.45) is 0. The maximum Gasteiger partial charge on any atom is 0.246 e. The zero-order chi connectivity index (χ0) is 13.3. The summed E-state index contributed by atoms with van der Waals surface area (Å²) < 4.78 is 38.8. The van der Waals surface area contributed by atoms with Crippen LogP contribution in [0.1, 0.15) is 0 Å². The predicted molar refractivity (Wildman–Crippen MR) is 62.6 cm³/mol. The molecule has 0 unspecified atom stereocenters. The van der Waals surface area contributed by atoms with Crippen molar-refractivity contribution in [1.82, 2.24) is 9.62 Å². The number of sulfonamides is 1. The molecular formula is C10H12FN3O3S. The van der Waals surface area contributed by atoms with Gasteiger partial charge in [-0.2, -0.15) is 4.31 Å². The van der Waals surface area contributed by atoms with Crippen molar-refractivity contribution < 1.29 is 17.6 Å². The largest absolute Gasteiger partial charge is 0.399 e. The number of anilines is 1. The molecule has 0 spiro atoms. The number of hydrogen-bond donors (Lipinski definition) is 2. The summed E-state index contributed by atoms with van der Waals surface area (Å²) in [5, 5.41) is 2.50. The molecule has 1 heterocycles. The second-order valence-corrected chi connectivity index (χ2v) is 5.78. The number of amides is 1. The van der Waals surface area contributed by atoms with Crippen LogP contribution < -0.4 is 11.1 Å². The van der Waals surface area contributed by atoms with E-state index < -0.39 is 26.6 Å². The van der Waals surface area contributed by atoms with Crippen molar-refractivity contribution in [3.05, 3.63) is 24.0 Å². The maximum atomic E-state index is 13.6. The lowest BCUT2D eigenvalue weighted by Crippen LogP contribution is -2.49. The molecule has 1 amide bonds. The molecule has 0 radical (unpaired) electrons. The van der Waals surface area contributed by atoms with Gasteiger partial charge in [0.25, 0.3) is 0 Å². The van der Waals surface area contributed by atoms with Crippen LogP contribution in [0.4, 0.5) is 10.1 Å². The first-order valence-electron chi connectivity index (χ1n) is 5.23. The number of nitrogen functional groups attached to an aromatic ring is 1. The van der Waals surface area contributed by atoms with Gasteiger partial charge in [-0.15, -0.1) is 0 Å². The summed E-state index contributed by atoms with van der Waals surface area (Å²) in [6, 6.07) is 3.35. The minimum Gasteiger partial charge on any atom is -0.399 e. The van der Waals surface area contributed by atoms with E-state index in [1.165, 1.54) is 6.07 Å². The van der Waals surface area contributed by atoms with Crippen molar-refractivity contribution in [2.45, 2.75) is 4.90 Å². The molecule has 1 fully saturated rings. The monoisotopic (exact) mass is 273 g/mol. The van der Waals surface area contributed by atoms with E-state index in [4.69, 9.17) is 5.73 Å². The van der Waals surface area contributed by atoms with Crippen molar-refractivity contribution in [3.8, 4) is 0 Å². The van der Waals surface area contributed by atoms with Crippen LogP contribution in [0.5, 0.6) is 0 Å². The second-order valence-electron chi connectivity index (χ2n) is 3.88. The van der Waals surface area contributed by atoms with Gasteiger partial charge in [-0.25, -0.2) is 12.8 Å². The fourth-order valence-corrected chi connectivity index (χ4v) is 3.13. The minimum atomic E-state index is -4.00. The number of rotatable bonds is 2. The quantitative estimate of drug-likeness (QED) is 0.712. The molecule has 0 aliphatic carbocycles. The number of piperazine rings is 1. The highest BCUT2D eigenvalue weighted by Gasteiger charge is 2.31. The fourth-order valence-electron chi connectivity index (χ4n) is 1.69. The summed E-state index contributed by atoms with van der Waals surface area (Å²) in [5.41, 5.74) is 5.50. The van der Waals surface area contributed by atoms with E-state index in [1.807, 2.05) is 0 Å². The maximum absolute atomic E-state index is 13.6. The summed E-state index contributed by atoms with van der Waals surface area (Å²) in [5.74, 6) is -1.32. The van der Waals surface area contributed by atoms with Gasteiger partial charge in [0.15, 0.2) is 0 Å². The number of nitrogens with one attached hydrogen (secondary N) is 1. The molecule has 0 aromatic heterocycles. The summed E-state index contributed by atoms with van der Waals surface area (Å²) in [6.45, 7) is 0.0404. The molecule has 0 atom stereocenters. The molecule has 1 aliphatic heterocycles. The summed E-state index contributed by atoms with van der Waals surface area (Å²) in [7, 11) is -4.00. The Bertz CT molecular complexity index is 588. The van der Waals surface area contributed by atoms with Gasteiger partial charge in [0.2, 0.25) is 15.9 Å². The predicted octanol–water partition coefficient (Wildman–Crippen LogP) is -0.472. The summed E-state index contributed by atoms with van der Waals surface area (Å²) in [4.78, 5) is 10.7. The Morgan fingerprint density at radius 3 is 2.72 bits per heavy atom. The Hall–Kier alpha value is -1.67. The number of halogens is 1. The van der Waals surface area contributed by atoms with Crippen LogP contribution in [0.2, 0.25) is 0 Å². The lowest BCUT2D eigenvalue weighted by Gasteiger charge is -2.26. The Morgan fingerprint density at radius 2 is 2.11 bits per heavy atom. The standard InChI is InChI=1S/C10H12FN3O3S/c11-8-5-7(12)1-2-9(8)18(16,17)14-4-3-13-10(15)6-14/h1-2,5H,3-4,6,12H2,(H,13,15). The lowest BCUT2D eigenvalue weighted by atomic mass is 10.3. The summed E-state index contributed by atoms with van der Waals surface area (Å²) >= 11 is 0. The molecule has 8 heteroatoms. The third kappa shape index (κ3) is 2.29. The van der Waals surface area contributed by atoms with Crippen LogP contribution in [-0.4, -0.2) is 38.3 Å². The first-order valence-corrected chi connectivity index (χ1v) is 6.67. The third-order valence-electron chi connectivity index (χ3n) is 2.58. The molecule has 3 N–H and O–H groups in total. The van der Waals surface area contributed by atoms with Crippen molar-refractivity contribution >= 4 is 21.6 Å². The van der Waals surface area contributed by atoms with E-state index in [2.05, 4.69) is 5.32 Å². The molecule has 1 saturated heterocycles. The SMILES string of the molecule is Nc1ccc(S(=O)(=O)N2CCNC(=O)C2)c(F)c1. The molecule has 18 heavy (non-hydrogen) atoms. The first kappa shape index (κ1) is 12.8. The van der Waals surface area contributed by atoms with Crippen molar-refractivity contribution in [1.29, 1.82) is 0 Å². The Kier molecular flexibility index (Phi) is 3.22. The molecule has 1 aliphatic rings. The molecular weight excluding hydrogens is 261 g/mol. The first-order chi connectivity index (χ1) is 8.41. The van der Waals surface area contributed by atoms with Gasteiger partial charge < -0.3 is 11.1 Å². The van der Waals surface area contributed by atoms with Gasteiger partial charge in [0, 0.05) is 18.8 Å². The minimum absolute atomic E-state index is 0.123. The molecule has 1 aromatic rings. The van der Waals surface area contributed by atoms with Gasteiger partial charge in [-0.3, -0.25) is 4.79 Å². The topological polar surface area (TPSA) is 92.5 Å². The average molecular weight is 273 g/mol. The Labute approximate surface area is 104 Å². The average Bonchev–Trinajstić information content (AvgIpc) is 2.28. The van der Waals surface area contributed by atoms with Crippen molar-refractivity contribution in [3.63, 3.8) is 0 Å². The van der Waals surface area contributed by atoms with Gasteiger partial charge in [0.1, 0.15) is 10.7 Å². The van der Waals surface area contributed by atoms with Crippen LogP contribution in [0.25, 0.3) is 0 Å². The molecule has 6 nitrogen and oxygen atoms in total. The molecule has 0 bridgehead atoms. The number of carbonyl (C=O) groups excluding carboxylic acids is 1. The van der Waals surface area contributed by atoms with Crippen LogP contribution in [0.3, 0.4) is 0 Å². The smallest absolute Gasteiger partial charge is 0.246 e. The molecule has 0 saturated carbocycles. The van der Waals surface area contributed by atoms with E-state index in [0.717, 1.165) is 16.4 Å². The van der Waals surface area contributed by atoms with Crippen LogP contribution in [0, 0.1) is 5.82 Å². The molecule has 2 rings (SSSR count). The van der Waals surface area contributed by atoms with Crippen molar-refractivity contribution in [2.24, 2.45) is 0 Å². The Balaban J connectivity index is 2.38. The highest BCUT2D eigenvalue weighted by Crippen LogP contribution is 2.21. The van der Waals surface area contributed by atoms with Crippen LogP contribution in [-0.2, 0) is 14.8 Å². The van der Waals surface area contributed by atoms with E-state index >= 15 is 0 Å². The van der Waals surface area contributed by atoms with Crippen LogP contribution >= 0.6 is 0 Å².